The minimum Gasteiger partial charge on any atom is -0.303 e. The molecule has 4 heteroatoms. The van der Waals surface area contributed by atoms with Gasteiger partial charge in [-0.25, -0.2) is 0 Å². The van der Waals surface area contributed by atoms with E-state index in [0.717, 1.165) is 18.8 Å². The zero-order chi connectivity index (χ0) is 17.1. The maximum Gasteiger partial charge on any atom is 0.132 e. The fraction of sp³-hybridized carbons (Fsp3) is 0.800. The van der Waals surface area contributed by atoms with Crippen LogP contribution in [0.1, 0.15) is 76.8 Å². The molecule has 2 aliphatic rings. The van der Waals surface area contributed by atoms with Crippen molar-refractivity contribution in [2.75, 3.05) is 19.6 Å². The summed E-state index contributed by atoms with van der Waals surface area (Å²) in [6, 6.07) is 0.571. The molecule has 24 heavy (non-hydrogen) atoms. The molecule has 0 spiro atoms. The van der Waals surface area contributed by atoms with Gasteiger partial charge in [0.25, 0.3) is 0 Å². The maximum atomic E-state index is 11.5. The van der Waals surface area contributed by atoms with Crippen LogP contribution in [0.3, 0.4) is 0 Å². The summed E-state index contributed by atoms with van der Waals surface area (Å²) in [4.78, 5) is 14.1. The molecule has 1 aliphatic carbocycles. The largest absolute Gasteiger partial charge is 0.303 e. The van der Waals surface area contributed by atoms with Crippen molar-refractivity contribution in [3.05, 3.63) is 18.0 Å². The lowest BCUT2D eigenvalue weighted by Crippen LogP contribution is -2.39. The number of likely N-dealkylation sites (tertiary alicyclic amines) is 1. The minimum absolute atomic E-state index is 0.349. The number of rotatable bonds is 5. The topological polar surface area (TPSA) is 38.1 Å². The van der Waals surface area contributed by atoms with Crippen molar-refractivity contribution in [1.82, 2.24) is 14.7 Å². The minimum atomic E-state index is 0.349. The molecule has 0 aromatic carbocycles. The van der Waals surface area contributed by atoms with Gasteiger partial charge in [-0.1, -0.05) is 13.8 Å². The van der Waals surface area contributed by atoms with Crippen LogP contribution in [-0.2, 0) is 4.79 Å². The molecule has 0 bridgehead atoms. The van der Waals surface area contributed by atoms with Crippen LogP contribution in [0.4, 0.5) is 0 Å². The first-order valence-electron chi connectivity index (χ1n) is 9.79. The lowest BCUT2D eigenvalue weighted by atomic mass is 9.80. The first-order valence-corrected chi connectivity index (χ1v) is 9.79. The van der Waals surface area contributed by atoms with Crippen LogP contribution in [0, 0.1) is 11.8 Å². The summed E-state index contributed by atoms with van der Waals surface area (Å²) in [6.07, 6.45) is 11.4. The van der Waals surface area contributed by atoms with Gasteiger partial charge in [-0.2, -0.15) is 5.10 Å². The third kappa shape index (κ3) is 4.27. The molecule has 1 aromatic heterocycles. The van der Waals surface area contributed by atoms with Gasteiger partial charge in [0.15, 0.2) is 0 Å². The number of aromatic nitrogens is 2. The zero-order valence-electron chi connectivity index (χ0n) is 15.6. The van der Waals surface area contributed by atoms with E-state index < -0.39 is 0 Å². The van der Waals surface area contributed by atoms with Gasteiger partial charge in [-0.15, -0.1) is 0 Å². The third-order valence-corrected chi connectivity index (χ3v) is 6.16. The van der Waals surface area contributed by atoms with Crippen molar-refractivity contribution >= 4 is 5.78 Å². The summed E-state index contributed by atoms with van der Waals surface area (Å²) in [5, 5.41) is 4.59. The average Bonchev–Trinajstić information content (AvgIpc) is 3.06. The van der Waals surface area contributed by atoms with Gasteiger partial charge >= 0.3 is 0 Å². The number of carbonyl (C=O) groups is 1. The standard InChI is InChI=1S/C20H33N3O/c1-15(2)19-12-21-23(14-19)20-8-10-22(11-9-20)13-17-4-6-18(7-5-17)16(3)24/h12,14-15,17-18,20H,4-11,13H2,1-3H3/t17-,18-. The van der Waals surface area contributed by atoms with Crippen molar-refractivity contribution in [3.8, 4) is 0 Å². The molecule has 1 aromatic rings. The van der Waals surface area contributed by atoms with Gasteiger partial charge in [0.05, 0.1) is 12.2 Å². The number of ketones is 1. The second kappa shape index (κ2) is 7.81. The predicted molar refractivity (Wildman–Crippen MR) is 97.2 cm³/mol. The van der Waals surface area contributed by atoms with Gasteiger partial charge < -0.3 is 4.90 Å². The first kappa shape index (κ1) is 17.7. The van der Waals surface area contributed by atoms with Crippen LogP contribution in [0.25, 0.3) is 0 Å². The van der Waals surface area contributed by atoms with Gasteiger partial charge in [0.2, 0.25) is 0 Å². The van der Waals surface area contributed by atoms with Crippen molar-refractivity contribution in [3.63, 3.8) is 0 Å². The molecule has 2 fully saturated rings. The summed E-state index contributed by atoms with van der Waals surface area (Å²) in [5.41, 5.74) is 1.35. The number of Topliss-reactive ketones (excluding diaryl/α,β-unsaturated/α-hetero) is 1. The van der Waals surface area contributed by atoms with Gasteiger partial charge in [-0.3, -0.25) is 9.48 Å². The van der Waals surface area contributed by atoms with Crippen molar-refractivity contribution in [2.45, 2.75) is 71.3 Å². The third-order valence-electron chi connectivity index (χ3n) is 6.16. The summed E-state index contributed by atoms with van der Waals surface area (Å²) in [7, 11) is 0. The van der Waals surface area contributed by atoms with Crippen LogP contribution in [0.15, 0.2) is 12.4 Å². The SMILES string of the molecule is CC(=O)[C@H]1CC[C@H](CN2CCC(n3cc(C(C)C)cn3)CC2)CC1. The van der Waals surface area contributed by atoms with Crippen molar-refractivity contribution < 1.29 is 4.79 Å². The number of nitrogens with zero attached hydrogens (tertiary/aromatic N) is 3. The van der Waals surface area contributed by atoms with Crippen LogP contribution in [0.5, 0.6) is 0 Å². The van der Waals surface area contributed by atoms with E-state index in [0.29, 0.717) is 23.7 Å². The Kier molecular flexibility index (Phi) is 5.75. The highest BCUT2D eigenvalue weighted by Crippen LogP contribution is 2.31. The Morgan fingerprint density at radius 3 is 2.38 bits per heavy atom. The maximum absolute atomic E-state index is 11.5. The second-order valence-corrected chi connectivity index (χ2v) is 8.27. The molecule has 3 rings (SSSR count). The predicted octanol–water partition coefficient (Wildman–Crippen LogP) is 4.04. The van der Waals surface area contributed by atoms with Gasteiger partial charge in [0, 0.05) is 31.7 Å². The summed E-state index contributed by atoms with van der Waals surface area (Å²) >= 11 is 0. The Labute approximate surface area is 146 Å². The molecule has 134 valence electrons. The number of piperidine rings is 1. The summed E-state index contributed by atoms with van der Waals surface area (Å²) in [6.45, 7) is 9.82. The van der Waals surface area contributed by atoms with E-state index in [9.17, 15) is 4.79 Å². The zero-order valence-corrected chi connectivity index (χ0v) is 15.6. The smallest absolute Gasteiger partial charge is 0.132 e. The second-order valence-electron chi connectivity index (χ2n) is 8.27. The van der Waals surface area contributed by atoms with E-state index in [1.54, 1.807) is 6.92 Å². The molecule has 0 atom stereocenters. The van der Waals surface area contributed by atoms with E-state index in [1.165, 1.54) is 50.9 Å². The molecule has 1 aliphatic heterocycles. The fourth-order valence-corrected chi connectivity index (χ4v) is 4.33. The Hall–Kier alpha value is -1.16. The number of carbonyl (C=O) groups excluding carboxylic acids is 1. The Morgan fingerprint density at radius 1 is 1.17 bits per heavy atom. The van der Waals surface area contributed by atoms with Crippen LogP contribution in [0.2, 0.25) is 0 Å². The van der Waals surface area contributed by atoms with E-state index >= 15 is 0 Å². The van der Waals surface area contributed by atoms with Gasteiger partial charge in [0.1, 0.15) is 5.78 Å². The lowest BCUT2D eigenvalue weighted by Gasteiger charge is -2.36. The molecule has 0 amide bonds. The normalized spacial score (nSPS) is 26.8. The average molecular weight is 332 g/mol. The van der Waals surface area contributed by atoms with E-state index in [1.807, 2.05) is 6.20 Å². The number of hydrogen-bond acceptors (Lipinski definition) is 3. The highest BCUT2D eigenvalue weighted by atomic mass is 16.1. The monoisotopic (exact) mass is 331 g/mol. The Balaban J connectivity index is 1.43. The Morgan fingerprint density at radius 2 is 1.83 bits per heavy atom. The van der Waals surface area contributed by atoms with E-state index in [2.05, 4.69) is 34.7 Å². The molecule has 0 unspecified atom stereocenters. The quantitative estimate of drug-likeness (QED) is 0.817. The number of hydrogen-bond donors (Lipinski definition) is 0. The molecule has 2 heterocycles. The van der Waals surface area contributed by atoms with Crippen LogP contribution < -0.4 is 0 Å². The molecule has 0 N–H and O–H groups in total. The van der Waals surface area contributed by atoms with E-state index in [-0.39, 0.29) is 0 Å². The highest BCUT2D eigenvalue weighted by molar-refractivity contribution is 5.78. The highest BCUT2D eigenvalue weighted by Gasteiger charge is 2.27. The summed E-state index contributed by atoms with van der Waals surface area (Å²) in [5.74, 6) is 2.11. The molecule has 4 nitrogen and oxygen atoms in total. The molecule has 1 saturated heterocycles. The van der Waals surface area contributed by atoms with Crippen LogP contribution >= 0.6 is 0 Å². The fourth-order valence-electron chi connectivity index (χ4n) is 4.33. The van der Waals surface area contributed by atoms with Crippen molar-refractivity contribution in [1.29, 1.82) is 0 Å². The lowest BCUT2D eigenvalue weighted by molar-refractivity contribution is -0.121. The molecule has 1 saturated carbocycles. The van der Waals surface area contributed by atoms with Crippen LogP contribution in [-0.4, -0.2) is 40.1 Å². The molecular formula is C20H33N3O. The molecule has 0 radical (unpaired) electrons. The van der Waals surface area contributed by atoms with Crippen molar-refractivity contribution in [2.24, 2.45) is 11.8 Å². The molecular weight excluding hydrogens is 298 g/mol. The van der Waals surface area contributed by atoms with Gasteiger partial charge in [-0.05, 0) is 62.8 Å². The first-order chi connectivity index (χ1) is 11.5. The van der Waals surface area contributed by atoms with E-state index in [4.69, 9.17) is 0 Å². The Bertz CT molecular complexity index is 535. The summed E-state index contributed by atoms with van der Waals surface area (Å²) < 4.78 is 2.20.